The number of hydrogen-bond donors (Lipinski definition) is 2. The minimum atomic E-state index is -0.277. The van der Waals surface area contributed by atoms with Gasteiger partial charge in [-0.15, -0.1) is 0 Å². The van der Waals surface area contributed by atoms with Gasteiger partial charge in [-0.25, -0.2) is 0 Å². The molecule has 0 spiro atoms. The van der Waals surface area contributed by atoms with Crippen LogP contribution in [0.1, 0.15) is 5.56 Å². The average molecular weight is 402 g/mol. The van der Waals surface area contributed by atoms with E-state index in [1.165, 1.54) is 4.57 Å². The number of nitrogens with zero attached hydrogens (tertiary/aromatic N) is 1. The Morgan fingerprint density at radius 3 is 2.48 bits per heavy atom. The van der Waals surface area contributed by atoms with Gasteiger partial charge >= 0.3 is 0 Å². The summed E-state index contributed by atoms with van der Waals surface area (Å²) in [6.45, 7) is 0.336. The molecule has 7 heteroatoms. The fraction of sp³-hybridized carbons (Fsp3) is 0.100. The molecule has 0 fully saturated rings. The first-order chi connectivity index (χ1) is 13.0. The zero-order chi connectivity index (χ0) is 19.2. The van der Waals surface area contributed by atoms with Gasteiger partial charge in [0.1, 0.15) is 12.2 Å². The van der Waals surface area contributed by atoms with Gasteiger partial charge in [-0.05, 0) is 42.0 Å². The largest absolute Gasteiger partial charge is 0.377 e. The van der Waals surface area contributed by atoms with E-state index in [2.05, 4.69) is 10.6 Å². The van der Waals surface area contributed by atoms with Crippen LogP contribution in [0.5, 0.6) is 0 Å². The van der Waals surface area contributed by atoms with E-state index < -0.39 is 0 Å². The van der Waals surface area contributed by atoms with Crippen molar-refractivity contribution in [3.63, 3.8) is 0 Å². The van der Waals surface area contributed by atoms with Gasteiger partial charge in [0.25, 0.3) is 5.56 Å². The lowest BCUT2D eigenvalue weighted by molar-refractivity contribution is -0.116. The predicted molar refractivity (Wildman–Crippen MR) is 110 cm³/mol. The van der Waals surface area contributed by atoms with Crippen LogP contribution in [0, 0.1) is 0 Å². The fourth-order valence-corrected chi connectivity index (χ4v) is 2.84. The second kappa shape index (κ2) is 8.75. The van der Waals surface area contributed by atoms with Gasteiger partial charge in [0, 0.05) is 18.4 Å². The van der Waals surface area contributed by atoms with Crippen LogP contribution in [0.2, 0.25) is 10.0 Å². The molecule has 0 unspecified atom stereocenters. The molecule has 0 aliphatic carbocycles. The smallest absolute Gasteiger partial charge is 0.274 e. The van der Waals surface area contributed by atoms with Crippen LogP contribution in [0.25, 0.3) is 0 Å². The molecule has 2 aromatic carbocycles. The minimum absolute atomic E-state index is 0.0734. The lowest BCUT2D eigenvalue weighted by Crippen LogP contribution is -2.28. The van der Waals surface area contributed by atoms with Gasteiger partial charge in [-0.2, -0.15) is 0 Å². The molecule has 27 heavy (non-hydrogen) atoms. The SMILES string of the molecule is O=C(Cn1cccc(NCc2ccc(Cl)c(Cl)c2)c1=O)Nc1ccccc1. The van der Waals surface area contributed by atoms with Crippen molar-refractivity contribution in [3.05, 3.63) is 92.8 Å². The van der Waals surface area contributed by atoms with Crippen LogP contribution in [-0.2, 0) is 17.9 Å². The quantitative estimate of drug-likeness (QED) is 0.642. The second-order valence-corrected chi connectivity index (χ2v) is 6.69. The molecule has 0 saturated carbocycles. The molecule has 1 amide bonds. The van der Waals surface area contributed by atoms with Gasteiger partial charge in [-0.3, -0.25) is 9.59 Å². The third-order valence-electron chi connectivity index (χ3n) is 3.86. The number of amides is 1. The number of benzene rings is 2. The number of pyridine rings is 1. The van der Waals surface area contributed by atoms with Crippen molar-refractivity contribution in [2.24, 2.45) is 0 Å². The fourth-order valence-electron chi connectivity index (χ4n) is 2.52. The number of para-hydroxylation sites is 1. The molecule has 1 aromatic heterocycles. The third-order valence-corrected chi connectivity index (χ3v) is 4.60. The van der Waals surface area contributed by atoms with Gasteiger partial charge in [-0.1, -0.05) is 47.5 Å². The van der Waals surface area contributed by atoms with Crippen molar-refractivity contribution >= 4 is 40.5 Å². The highest BCUT2D eigenvalue weighted by atomic mass is 35.5. The number of nitrogens with one attached hydrogen (secondary N) is 2. The van der Waals surface area contributed by atoms with Crippen LogP contribution < -0.4 is 16.2 Å². The summed E-state index contributed by atoms with van der Waals surface area (Å²) in [5.41, 5.74) is 1.70. The maximum Gasteiger partial charge on any atom is 0.274 e. The second-order valence-electron chi connectivity index (χ2n) is 5.87. The summed E-state index contributed by atoms with van der Waals surface area (Å²) >= 11 is 11.9. The first-order valence-corrected chi connectivity index (χ1v) is 9.00. The highest BCUT2D eigenvalue weighted by Gasteiger charge is 2.08. The Morgan fingerprint density at radius 2 is 1.74 bits per heavy atom. The van der Waals surface area contributed by atoms with E-state index in [1.807, 2.05) is 24.3 Å². The van der Waals surface area contributed by atoms with Crippen LogP contribution in [-0.4, -0.2) is 10.5 Å². The van der Waals surface area contributed by atoms with E-state index in [9.17, 15) is 9.59 Å². The summed E-state index contributed by atoms with van der Waals surface area (Å²) < 4.78 is 1.36. The molecular weight excluding hydrogens is 385 g/mol. The number of hydrogen-bond acceptors (Lipinski definition) is 3. The molecule has 0 radical (unpaired) electrons. The highest BCUT2D eigenvalue weighted by Crippen LogP contribution is 2.22. The Morgan fingerprint density at radius 1 is 0.963 bits per heavy atom. The zero-order valence-corrected chi connectivity index (χ0v) is 15.8. The van der Waals surface area contributed by atoms with E-state index in [1.54, 1.807) is 42.6 Å². The van der Waals surface area contributed by atoms with Crippen LogP contribution in [0.15, 0.2) is 71.7 Å². The van der Waals surface area contributed by atoms with Crippen molar-refractivity contribution < 1.29 is 4.79 Å². The first-order valence-electron chi connectivity index (χ1n) is 8.25. The summed E-state index contributed by atoms with van der Waals surface area (Å²) in [7, 11) is 0. The number of carbonyl (C=O) groups excluding carboxylic acids is 1. The molecule has 0 bridgehead atoms. The Labute approximate surface area is 166 Å². The maximum atomic E-state index is 12.6. The molecule has 5 nitrogen and oxygen atoms in total. The lowest BCUT2D eigenvalue weighted by atomic mass is 10.2. The van der Waals surface area contributed by atoms with Crippen molar-refractivity contribution in [1.29, 1.82) is 0 Å². The Hall–Kier alpha value is -2.76. The molecule has 138 valence electrons. The summed E-state index contributed by atoms with van der Waals surface area (Å²) in [4.78, 5) is 24.7. The van der Waals surface area contributed by atoms with Crippen LogP contribution >= 0.6 is 23.2 Å². The van der Waals surface area contributed by atoms with Crippen molar-refractivity contribution in [2.45, 2.75) is 13.1 Å². The molecule has 0 aliphatic heterocycles. The Kier molecular flexibility index (Phi) is 6.16. The zero-order valence-electron chi connectivity index (χ0n) is 14.3. The molecular formula is C20H17Cl2N3O2. The topological polar surface area (TPSA) is 63.1 Å². The monoisotopic (exact) mass is 401 g/mol. The van der Waals surface area contributed by atoms with E-state index in [-0.39, 0.29) is 18.0 Å². The summed E-state index contributed by atoms with van der Waals surface area (Å²) in [6, 6.07) is 17.8. The van der Waals surface area contributed by atoms with Crippen molar-refractivity contribution in [1.82, 2.24) is 4.57 Å². The number of halogens is 2. The molecule has 3 aromatic rings. The molecule has 0 aliphatic rings. The lowest BCUT2D eigenvalue weighted by Gasteiger charge is -2.11. The van der Waals surface area contributed by atoms with E-state index in [0.29, 0.717) is 28.0 Å². The van der Waals surface area contributed by atoms with E-state index >= 15 is 0 Å². The van der Waals surface area contributed by atoms with Gasteiger partial charge in [0.2, 0.25) is 5.91 Å². The van der Waals surface area contributed by atoms with Gasteiger partial charge in [0.15, 0.2) is 0 Å². The number of carbonyl (C=O) groups is 1. The number of aromatic nitrogens is 1. The minimum Gasteiger partial charge on any atom is -0.377 e. The maximum absolute atomic E-state index is 12.6. The standard InChI is InChI=1S/C20H17Cl2N3O2/c21-16-9-8-14(11-17(16)22)12-23-18-7-4-10-25(20(18)27)13-19(26)24-15-5-2-1-3-6-15/h1-11,23H,12-13H2,(H,24,26). The third kappa shape index (κ3) is 5.12. The molecule has 0 atom stereocenters. The van der Waals surface area contributed by atoms with Crippen LogP contribution in [0.3, 0.4) is 0 Å². The van der Waals surface area contributed by atoms with Gasteiger partial charge in [0.05, 0.1) is 10.0 Å². The average Bonchev–Trinajstić information content (AvgIpc) is 2.66. The van der Waals surface area contributed by atoms with E-state index in [4.69, 9.17) is 23.2 Å². The van der Waals surface area contributed by atoms with Crippen molar-refractivity contribution in [3.8, 4) is 0 Å². The predicted octanol–water partition coefficient (Wildman–Crippen LogP) is 4.41. The van der Waals surface area contributed by atoms with Crippen molar-refractivity contribution in [2.75, 3.05) is 10.6 Å². The number of anilines is 2. The number of rotatable bonds is 6. The molecule has 1 heterocycles. The first kappa shape index (κ1) is 19.0. The Balaban J connectivity index is 1.67. The molecule has 2 N–H and O–H groups in total. The van der Waals surface area contributed by atoms with Crippen LogP contribution in [0.4, 0.5) is 11.4 Å². The van der Waals surface area contributed by atoms with Gasteiger partial charge < -0.3 is 15.2 Å². The Bertz CT molecular complexity index is 1000. The molecule has 3 rings (SSSR count). The summed E-state index contributed by atoms with van der Waals surface area (Å²) in [5.74, 6) is -0.273. The normalized spacial score (nSPS) is 10.4. The summed E-state index contributed by atoms with van der Waals surface area (Å²) in [5, 5.41) is 6.77. The van der Waals surface area contributed by atoms with E-state index in [0.717, 1.165) is 5.56 Å². The summed E-state index contributed by atoms with van der Waals surface area (Å²) in [6.07, 6.45) is 1.58. The molecule has 0 saturated heterocycles. The highest BCUT2D eigenvalue weighted by molar-refractivity contribution is 6.42.